The Kier molecular flexibility index (Phi) is 6.38. The molecule has 9 heteroatoms. The molecule has 0 bridgehead atoms. The number of hydrogen-bond donors (Lipinski definition) is 1. The zero-order valence-corrected chi connectivity index (χ0v) is 23.5. The molecule has 1 amide bonds. The number of aliphatic hydroxyl groups is 1. The van der Waals surface area contributed by atoms with Crippen LogP contribution in [-0.4, -0.2) is 37.8 Å². The van der Waals surface area contributed by atoms with Crippen molar-refractivity contribution in [1.82, 2.24) is 14.4 Å². The molecular weight excluding hydrogens is 524 g/mol. The van der Waals surface area contributed by atoms with Gasteiger partial charge < -0.3 is 9.84 Å². The largest absolute Gasteiger partial charge is 0.505 e. The molecular formula is C31H28N4O4S. The van der Waals surface area contributed by atoms with E-state index in [1.165, 1.54) is 16.2 Å². The van der Waals surface area contributed by atoms with Crippen LogP contribution in [-0.2, 0) is 9.59 Å². The number of imidazole rings is 1. The van der Waals surface area contributed by atoms with Gasteiger partial charge in [0.05, 0.1) is 34.1 Å². The normalized spacial score (nSPS) is 16.9. The van der Waals surface area contributed by atoms with E-state index in [1.54, 1.807) is 17.5 Å². The number of rotatable bonds is 6. The predicted octanol–water partition coefficient (Wildman–Crippen LogP) is 6.28. The maximum atomic E-state index is 13.7. The number of hydrogen-bond acceptors (Lipinski definition) is 7. The average Bonchev–Trinajstić information content (AvgIpc) is 3.58. The molecule has 1 atom stereocenters. The second-order valence-electron chi connectivity index (χ2n) is 9.99. The number of carbonyl (C=O) groups excluding carboxylic acids is 2. The van der Waals surface area contributed by atoms with Gasteiger partial charge in [0.15, 0.2) is 10.9 Å². The number of pyridine rings is 1. The van der Waals surface area contributed by atoms with Gasteiger partial charge in [0.2, 0.25) is 0 Å². The summed E-state index contributed by atoms with van der Waals surface area (Å²) in [6.07, 6.45) is 2.64. The van der Waals surface area contributed by atoms with E-state index < -0.39 is 17.7 Å². The number of ether oxygens (including phenoxy) is 1. The number of aliphatic hydroxyl groups excluding tert-OH is 1. The molecule has 8 nitrogen and oxygen atoms in total. The van der Waals surface area contributed by atoms with Crippen molar-refractivity contribution in [2.24, 2.45) is 0 Å². The van der Waals surface area contributed by atoms with Gasteiger partial charge in [0.1, 0.15) is 17.1 Å². The number of benzene rings is 2. The minimum absolute atomic E-state index is 0.00635. The van der Waals surface area contributed by atoms with Gasteiger partial charge in [0, 0.05) is 6.20 Å². The topological polar surface area (TPSA) is 97.0 Å². The van der Waals surface area contributed by atoms with Crippen molar-refractivity contribution in [3.05, 3.63) is 94.4 Å². The molecule has 4 heterocycles. The Morgan fingerprint density at radius 2 is 1.82 bits per heavy atom. The maximum Gasteiger partial charge on any atom is 0.301 e. The lowest BCUT2D eigenvalue weighted by atomic mass is 9.96. The first-order valence-corrected chi connectivity index (χ1v) is 14.0. The number of ketones is 1. The fourth-order valence-electron chi connectivity index (χ4n) is 5.30. The summed E-state index contributed by atoms with van der Waals surface area (Å²) >= 11 is 1.35. The Morgan fingerprint density at radius 1 is 1.05 bits per heavy atom. The molecule has 40 heavy (non-hydrogen) atoms. The summed E-state index contributed by atoms with van der Waals surface area (Å²) in [6, 6.07) is 15.9. The first-order chi connectivity index (χ1) is 19.3. The van der Waals surface area contributed by atoms with Gasteiger partial charge in [-0.3, -0.25) is 18.9 Å². The molecule has 1 aliphatic heterocycles. The van der Waals surface area contributed by atoms with Crippen molar-refractivity contribution in [3.63, 3.8) is 0 Å². The molecule has 3 aromatic heterocycles. The average molecular weight is 553 g/mol. The lowest BCUT2D eigenvalue weighted by Crippen LogP contribution is -2.29. The van der Waals surface area contributed by atoms with Gasteiger partial charge >= 0.3 is 5.91 Å². The van der Waals surface area contributed by atoms with Crippen molar-refractivity contribution >= 4 is 49.8 Å². The number of thiazole rings is 1. The van der Waals surface area contributed by atoms with E-state index in [-0.39, 0.29) is 11.3 Å². The third-order valence-corrected chi connectivity index (χ3v) is 8.07. The van der Waals surface area contributed by atoms with Gasteiger partial charge in [-0.25, -0.2) is 9.97 Å². The Balaban J connectivity index is 1.57. The monoisotopic (exact) mass is 552 g/mol. The Labute approximate surface area is 235 Å². The number of aryl methyl sites for hydroxylation is 3. The summed E-state index contributed by atoms with van der Waals surface area (Å²) in [5.41, 5.74) is 5.06. The van der Waals surface area contributed by atoms with Gasteiger partial charge in [-0.05, 0) is 74.2 Å². The van der Waals surface area contributed by atoms with E-state index in [4.69, 9.17) is 9.72 Å². The second-order valence-corrected chi connectivity index (χ2v) is 11.0. The van der Waals surface area contributed by atoms with Crippen molar-refractivity contribution < 1.29 is 19.4 Å². The van der Waals surface area contributed by atoms with Crippen molar-refractivity contribution in [1.29, 1.82) is 0 Å². The Morgan fingerprint density at radius 3 is 2.58 bits per heavy atom. The molecule has 0 spiro atoms. The summed E-state index contributed by atoms with van der Waals surface area (Å²) in [6.45, 7) is 8.37. The molecule has 5 aromatic rings. The number of amides is 1. The van der Waals surface area contributed by atoms with Crippen LogP contribution in [0.1, 0.15) is 47.5 Å². The van der Waals surface area contributed by atoms with E-state index >= 15 is 0 Å². The molecule has 6 rings (SSSR count). The molecule has 1 unspecified atom stereocenters. The van der Waals surface area contributed by atoms with E-state index in [2.05, 4.69) is 4.98 Å². The Hall–Kier alpha value is -4.50. The highest BCUT2D eigenvalue weighted by Gasteiger charge is 2.48. The SMILES string of the molecule is CCCOc1ccc(C2/C(=C(\O)c3c(C)nc4ccccn34)C(=O)C(=O)N2c2nc3c(C)cc(C)cc3s2)cc1. The van der Waals surface area contributed by atoms with Crippen LogP contribution in [0.2, 0.25) is 0 Å². The maximum absolute atomic E-state index is 13.7. The fraction of sp³-hybridized carbons (Fsp3) is 0.226. The summed E-state index contributed by atoms with van der Waals surface area (Å²) < 4.78 is 8.41. The van der Waals surface area contributed by atoms with Crippen LogP contribution >= 0.6 is 11.3 Å². The number of carbonyl (C=O) groups is 2. The zero-order valence-electron chi connectivity index (χ0n) is 22.6. The van der Waals surface area contributed by atoms with Crippen molar-refractivity contribution in [2.75, 3.05) is 11.5 Å². The third-order valence-electron chi connectivity index (χ3n) is 7.07. The highest BCUT2D eigenvalue weighted by atomic mass is 32.1. The summed E-state index contributed by atoms with van der Waals surface area (Å²) in [5, 5.41) is 12.1. The molecule has 202 valence electrons. The van der Waals surface area contributed by atoms with Gasteiger partial charge in [0.25, 0.3) is 5.78 Å². The van der Waals surface area contributed by atoms with Crippen LogP contribution in [0.3, 0.4) is 0 Å². The third kappa shape index (κ3) is 4.14. The molecule has 1 saturated heterocycles. The van der Waals surface area contributed by atoms with Crippen LogP contribution in [0.5, 0.6) is 5.75 Å². The fourth-order valence-corrected chi connectivity index (χ4v) is 6.47. The van der Waals surface area contributed by atoms with Crippen molar-refractivity contribution in [3.8, 4) is 5.75 Å². The molecule has 1 N–H and O–H groups in total. The lowest BCUT2D eigenvalue weighted by molar-refractivity contribution is -0.132. The van der Waals surface area contributed by atoms with Crippen LogP contribution < -0.4 is 9.64 Å². The van der Waals surface area contributed by atoms with Gasteiger partial charge in [-0.1, -0.05) is 42.5 Å². The van der Waals surface area contributed by atoms with Crippen LogP contribution in [0.4, 0.5) is 5.13 Å². The van der Waals surface area contributed by atoms with E-state index in [9.17, 15) is 14.7 Å². The summed E-state index contributed by atoms with van der Waals surface area (Å²) in [5.74, 6) is -1.10. The quantitative estimate of drug-likeness (QED) is 0.151. The summed E-state index contributed by atoms with van der Waals surface area (Å²) in [7, 11) is 0. The van der Waals surface area contributed by atoms with Crippen LogP contribution in [0.25, 0.3) is 21.6 Å². The molecule has 0 radical (unpaired) electrons. The number of Topliss-reactive ketones (excluding diaryl/α,β-unsaturated/α-hetero) is 1. The van der Waals surface area contributed by atoms with E-state index in [0.29, 0.717) is 40.1 Å². The highest BCUT2D eigenvalue weighted by Crippen LogP contribution is 2.45. The van der Waals surface area contributed by atoms with Gasteiger partial charge in [-0.2, -0.15) is 0 Å². The molecule has 1 fully saturated rings. The molecule has 0 aliphatic carbocycles. The first kappa shape index (κ1) is 25.8. The number of anilines is 1. The number of fused-ring (bicyclic) bond motifs is 2. The standard InChI is InChI=1S/C31H28N4O4S/c1-5-14-39-21-11-9-20(10-12-21)27-24(28(36)26-19(4)32-23-8-6-7-13-34(23)26)29(37)30(38)35(27)31-33-25-18(3)15-17(2)16-22(25)40-31/h6-13,15-16,27,36H,5,14H2,1-4H3/b28-24+. The zero-order chi connectivity index (χ0) is 28.1. The van der Waals surface area contributed by atoms with Crippen LogP contribution in [0, 0.1) is 20.8 Å². The first-order valence-electron chi connectivity index (χ1n) is 13.1. The predicted molar refractivity (Wildman–Crippen MR) is 156 cm³/mol. The minimum Gasteiger partial charge on any atom is -0.505 e. The lowest BCUT2D eigenvalue weighted by Gasteiger charge is -2.23. The molecule has 0 saturated carbocycles. The Bertz CT molecular complexity index is 1830. The minimum atomic E-state index is -0.893. The highest BCUT2D eigenvalue weighted by molar-refractivity contribution is 7.22. The molecule has 2 aromatic carbocycles. The smallest absolute Gasteiger partial charge is 0.301 e. The number of aromatic nitrogens is 3. The molecule has 1 aliphatic rings. The number of nitrogens with zero attached hydrogens (tertiary/aromatic N) is 4. The van der Waals surface area contributed by atoms with E-state index in [0.717, 1.165) is 27.8 Å². The van der Waals surface area contributed by atoms with E-state index in [1.807, 2.05) is 75.4 Å². The second kappa shape index (κ2) is 9.91. The van der Waals surface area contributed by atoms with Crippen molar-refractivity contribution in [2.45, 2.75) is 40.2 Å². The van der Waals surface area contributed by atoms with Crippen LogP contribution in [0.15, 0.2) is 66.4 Å². The van der Waals surface area contributed by atoms with Gasteiger partial charge in [-0.15, -0.1) is 0 Å². The summed E-state index contributed by atoms with van der Waals surface area (Å²) in [4.78, 5) is 38.2.